The molecule has 0 atom stereocenters. The standard InChI is InChI=1S/C11H17N5OS2/c1-7-8(19-11(12-7)15(2)3)9-13-14-10(18)16(9)5-6-17-4/h5-6H2,1-4H3,(H,14,18). The summed E-state index contributed by atoms with van der Waals surface area (Å²) in [5.74, 6) is 0.824. The summed E-state index contributed by atoms with van der Waals surface area (Å²) < 4.78 is 7.65. The fourth-order valence-electron chi connectivity index (χ4n) is 1.66. The van der Waals surface area contributed by atoms with Crippen LogP contribution in [0.3, 0.4) is 0 Å². The van der Waals surface area contributed by atoms with E-state index < -0.39 is 0 Å². The maximum Gasteiger partial charge on any atom is 0.195 e. The molecule has 0 aliphatic carbocycles. The van der Waals surface area contributed by atoms with Crippen LogP contribution in [0.15, 0.2) is 0 Å². The van der Waals surface area contributed by atoms with Crippen LogP contribution in [-0.4, -0.2) is 47.6 Å². The Morgan fingerprint density at radius 3 is 2.79 bits per heavy atom. The highest BCUT2D eigenvalue weighted by molar-refractivity contribution is 7.71. The summed E-state index contributed by atoms with van der Waals surface area (Å²) in [5, 5.41) is 8.11. The normalized spacial score (nSPS) is 10.9. The van der Waals surface area contributed by atoms with Crippen LogP contribution in [0.5, 0.6) is 0 Å². The molecule has 19 heavy (non-hydrogen) atoms. The molecular formula is C11H17N5OS2. The highest BCUT2D eigenvalue weighted by Crippen LogP contribution is 2.32. The van der Waals surface area contributed by atoms with Gasteiger partial charge in [0.15, 0.2) is 15.7 Å². The second-order valence-corrected chi connectivity index (χ2v) is 5.67. The molecule has 2 heterocycles. The van der Waals surface area contributed by atoms with E-state index in [1.54, 1.807) is 18.4 Å². The predicted molar refractivity (Wildman–Crippen MR) is 79.5 cm³/mol. The van der Waals surface area contributed by atoms with Gasteiger partial charge in [-0.1, -0.05) is 11.3 Å². The molecule has 0 aromatic carbocycles. The zero-order valence-corrected chi connectivity index (χ0v) is 13.1. The number of nitrogens with one attached hydrogen (secondary N) is 1. The summed E-state index contributed by atoms with van der Waals surface area (Å²) in [5.41, 5.74) is 0.960. The van der Waals surface area contributed by atoms with Crippen molar-refractivity contribution in [1.82, 2.24) is 19.7 Å². The molecule has 6 nitrogen and oxygen atoms in total. The van der Waals surface area contributed by atoms with Gasteiger partial charge in [-0.05, 0) is 19.1 Å². The summed E-state index contributed by atoms with van der Waals surface area (Å²) in [4.78, 5) is 7.55. The SMILES string of the molecule is COCCn1c(-c2sc(N(C)C)nc2C)n[nH]c1=S. The molecule has 2 aromatic rings. The third-order valence-electron chi connectivity index (χ3n) is 2.65. The fourth-order valence-corrected chi connectivity index (χ4v) is 2.87. The molecule has 104 valence electrons. The Morgan fingerprint density at radius 1 is 1.47 bits per heavy atom. The van der Waals surface area contributed by atoms with Crippen molar-refractivity contribution in [2.45, 2.75) is 13.5 Å². The number of anilines is 1. The third kappa shape index (κ3) is 2.85. The van der Waals surface area contributed by atoms with Crippen LogP contribution in [0.4, 0.5) is 5.13 Å². The lowest BCUT2D eigenvalue weighted by Gasteiger charge is -2.06. The van der Waals surface area contributed by atoms with Gasteiger partial charge < -0.3 is 9.64 Å². The van der Waals surface area contributed by atoms with Crippen LogP contribution in [0, 0.1) is 11.7 Å². The number of hydrogen-bond donors (Lipinski definition) is 1. The zero-order valence-electron chi connectivity index (χ0n) is 11.4. The van der Waals surface area contributed by atoms with Gasteiger partial charge in [-0.25, -0.2) is 4.98 Å². The van der Waals surface area contributed by atoms with E-state index in [-0.39, 0.29) is 0 Å². The number of ether oxygens (including phenoxy) is 1. The van der Waals surface area contributed by atoms with Crippen molar-refractivity contribution in [1.29, 1.82) is 0 Å². The first-order valence-corrected chi connectivity index (χ1v) is 7.06. The van der Waals surface area contributed by atoms with E-state index in [9.17, 15) is 0 Å². The van der Waals surface area contributed by atoms with Crippen molar-refractivity contribution in [3.8, 4) is 10.7 Å². The smallest absolute Gasteiger partial charge is 0.195 e. The molecule has 2 rings (SSSR count). The summed E-state index contributed by atoms with van der Waals surface area (Å²) in [6.07, 6.45) is 0. The van der Waals surface area contributed by atoms with Crippen LogP contribution in [0.2, 0.25) is 0 Å². The van der Waals surface area contributed by atoms with E-state index in [4.69, 9.17) is 17.0 Å². The largest absolute Gasteiger partial charge is 0.383 e. The zero-order chi connectivity index (χ0) is 14.0. The Morgan fingerprint density at radius 2 is 2.21 bits per heavy atom. The van der Waals surface area contributed by atoms with Crippen molar-refractivity contribution < 1.29 is 4.74 Å². The number of rotatable bonds is 5. The van der Waals surface area contributed by atoms with Gasteiger partial charge in [0.05, 0.1) is 23.7 Å². The fraction of sp³-hybridized carbons (Fsp3) is 0.545. The summed E-state index contributed by atoms with van der Waals surface area (Å²) in [6.45, 7) is 3.26. The average Bonchev–Trinajstić information content (AvgIpc) is 2.90. The topological polar surface area (TPSA) is 59.0 Å². The molecule has 0 aliphatic rings. The van der Waals surface area contributed by atoms with Gasteiger partial charge in [0.1, 0.15) is 0 Å². The number of methoxy groups -OCH3 is 1. The van der Waals surface area contributed by atoms with Crippen LogP contribution in [0.25, 0.3) is 10.7 Å². The minimum atomic E-state index is 0.596. The van der Waals surface area contributed by atoms with E-state index in [0.717, 1.165) is 21.5 Å². The van der Waals surface area contributed by atoms with Crippen LogP contribution >= 0.6 is 23.6 Å². The lowest BCUT2D eigenvalue weighted by molar-refractivity contribution is 0.187. The van der Waals surface area contributed by atoms with Gasteiger partial charge in [-0.15, -0.1) is 0 Å². The van der Waals surface area contributed by atoms with Gasteiger partial charge in [0, 0.05) is 21.2 Å². The van der Waals surface area contributed by atoms with Gasteiger partial charge in [0.25, 0.3) is 0 Å². The second kappa shape index (κ2) is 5.81. The Balaban J connectivity index is 2.44. The van der Waals surface area contributed by atoms with Crippen molar-refractivity contribution in [2.24, 2.45) is 0 Å². The van der Waals surface area contributed by atoms with E-state index in [1.165, 1.54) is 0 Å². The van der Waals surface area contributed by atoms with Gasteiger partial charge in [-0.3, -0.25) is 9.67 Å². The van der Waals surface area contributed by atoms with Crippen LogP contribution in [-0.2, 0) is 11.3 Å². The van der Waals surface area contributed by atoms with Gasteiger partial charge in [0.2, 0.25) is 0 Å². The molecule has 0 saturated heterocycles. The predicted octanol–water partition coefficient (Wildman–Crippen LogP) is 2.09. The first-order chi connectivity index (χ1) is 9.04. The van der Waals surface area contributed by atoms with E-state index >= 15 is 0 Å². The number of nitrogens with zero attached hydrogens (tertiary/aromatic N) is 4. The van der Waals surface area contributed by atoms with E-state index in [1.807, 2.05) is 30.5 Å². The maximum atomic E-state index is 5.25. The van der Waals surface area contributed by atoms with Gasteiger partial charge >= 0.3 is 0 Å². The van der Waals surface area contributed by atoms with Crippen molar-refractivity contribution in [3.63, 3.8) is 0 Å². The number of aryl methyl sites for hydroxylation is 1. The summed E-state index contributed by atoms with van der Waals surface area (Å²) >= 11 is 6.86. The quantitative estimate of drug-likeness (QED) is 0.857. The highest BCUT2D eigenvalue weighted by atomic mass is 32.1. The molecule has 8 heteroatoms. The number of aromatic nitrogens is 4. The maximum absolute atomic E-state index is 5.25. The van der Waals surface area contributed by atoms with Crippen LogP contribution < -0.4 is 4.90 Å². The van der Waals surface area contributed by atoms with E-state index in [2.05, 4.69) is 15.2 Å². The number of aromatic amines is 1. The van der Waals surface area contributed by atoms with Crippen LogP contribution in [0.1, 0.15) is 5.69 Å². The van der Waals surface area contributed by atoms with E-state index in [0.29, 0.717) is 17.9 Å². The number of hydrogen-bond acceptors (Lipinski definition) is 6. The minimum Gasteiger partial charge on any atom is -0.383 e. The Bertz CT molecular complexity index is 613. The lowest BCUT2D eigenvalue weighted by Crippen LogP contribution is -2.07. The molecule has 0 aliphatic heterocycles. The third-order valence-corrected chi connectivity index (χ3v) is 4.28. The molecule has 0 unspecified atom stereocenters. The summed E-state index contributed by atoms with van der Waals surface area (Å²) in [7, 11) is 5.62. The molecular weight excluding hydrogens is 282 g/mol. The second-order valence-electron chi connectivity index (χ2n) is 4.30. The molecule has 0 saturated carbocycles. The minimum absolute atomic E-state index is 0.596. The Kier molecular flexibility index (Phi) is 4.33. The van der Waals surface area contributed by atoms with Gasteiger partial charge in [-0.2, -0.15) is 5.10 Å². The van der Waals surface area contributed by atoms with Crippen molar-refractivity contribution in [2.75, 3.05) is 32.7 Å². The average molecular weight is 299 g/mol. The summed E-state index contributed by atoms with van der Waals surface area (Å²) in [6, 6.07) is 0. The molecule has 0 radical (unpaired) electrons. The molecule has 0 fully saturated rings. The molecule has 0 bridgehead atoms. The number of H-pyrrole nitrogens is 1. The number of thiazole rings is 1. The molecule has 1 N–H and O–H groups in total. The molecule has 0 spiro atoms. The Labute approximate surface area is 121 Å². The lowest BCUT2D eigenvalue weighted by atomic mass is 10.4. The molecule has 2 aromatic heterocycles. The monoisotopic (exact) mass is 299 g/mol. The van der Waals surface area contributed by atoms with Crippen molar-refractivity contribution in [3.05, 3.63) is 10.5 Å². The molecule has 0 amide bonds. The Hall–Kier alpha value is -1.25. The first kappa shape index (κ1) is 14.2. The first-order valence-electron chi connectivity index (χ1n) is 5.84. The van der Waals surface area contributed by atoms with Crippen molar-refractivity contribution >= 4 is 28.7 Å². The highest BCUT2D eigenvalue weighted by Gasteiger charge is 2.16.